The zero-order valence-corrected chi connectivity index (χ0v) is 12.6. The molecular formula is C15H25N3O2. The number of nitrogens with zero attached hydrogens (tertiary/aromatic N) is 1. The molecule has 20 heavy (non-hydrogen) atoms. The number of nitrogens with one attached hydrogen (secondary N) is 1. The Morgan fingerprint density at radius 1 is 1.55 bits per heavy atom. The van der Waals surface area contributed by atoms with Gasteiger partial charge < -0.3 is 9.47 Å². The van der Waals surface area contributed by atoms with E-state index in [4.69, 9.17) is 15.3 Å². The summed E-state index contributed by atoms with van der Waals surface area (Å²) in [5.74, 6) is 6.64. The molecular weight excluding hydrogens is 254 g/mol. The lowest BCUT2D eigenvalue weighted by molar-refractivity contribution is -0.0457. The third-order valence-corrected chi connectivity index (χ3v) is 3.99. The van der Waals surface area contributed by atoms with Gasteiger partial charge in [-0.3, -0.25) is 16.2 Å². The summed E-state index contributed by atoms with van der Waals surface area (Å²) in [6.45, 7) is 7.93. The molecule has 5 nitrogen and oxygen atoms in total. The van der Waals surface area contributed by atoms with Gasteiger partial charge in [0.05, 0.1) is 25.9 Å². The number of methoxy groups -OCH3 is 1. The first-order valence-corrected chi connectivity index (χ1v) is 7.14. The van der Waals surface area contributed by atoms with E-state index in [0.29, 0.717) is 0 Å². The Labute approximate surface area is 121 Å². The van der Waals surface area contributed by atoms with Crippen LogP contribution in [0.2, 0.25) is 0 Å². The van der Waals surface area contributed by atoms with Crippen molar-refractivity contribution in [3.05, 3.63) is 29.3 Å². The van der Waals surface area contributed by atoms with Crippen molar-refractivity contribution >= 4 is 0 Å². The molecule has 1 fully saturated rings. The lowest BCUT2D eigenvalue weighted by Crippen LogP contribution is -2.49. The summed E-state index contributed by atoms with van der Waals surface area (Å²) in [6.07, 6.45) is 0.0702. The molecule has 0 radical (unpaired) electrons. The molecule has 0 aliphatic carbocycles. The van der Waals surface area contributed by atoms with Crippen molar-refractivity contribution < 1.29 is 9.47 Å². The van der Waals surface area contributed by atoms with Crippen LogP contribution in [0, 0.1) is 6.92 Å². The van der Waals surface area contributed by atoms with Crippen molar-refractivity contribution in [2.75, 3.05) is 33.4 Å². The number of likely N-dealkylation sites (N-methyl/N-ethyl adjacent to an activating group) is 1. The van der Waals surface area contributed by atoms with Crippen LogP contribution in [-0.4, -0.2) is 44.4 Å². The van der Waals surface area contributed by atoms with Crippen molar-refractivity contribution in [1.29, 1.82) is 0 Å². The minimum absolute atomic E-state index is 0.00439. The van der Waals surface area contributed by atoms with Gasteiger partial charge in [-0.2, -0.15) is 0 Å². The van der Waals surface area contributed by atoms with Crippen molar-refractivity contribution in [2.24, 2.45) is 5.84 Å². The van der Waals surface area contributed by atoms with Crippen LogP contribution in [0.1, 0.15) is 24.1 Å². The first kappa shape index (κ1) is 15.3. The molecule has 0 aromatic heterocycles. The van der Waals surface area contributed by atoms with Gasteiger partial charge in [-0.05, 0) is 36.7 Å². The van der Waals surface area contributed by atoms with Gasteiger partial charge in [-0.25, -0.2) is 0 Å². The van der Waals surface area contributed by atoms with Gasteiger partial charge in [-0.1, -0.05) is 13.0 Å². The van der Waals surface area contributed by atoms with Crippen LogP contribution in [0.5, 0.6) is 5.75 Å². The number of nitrogens with two attached hydrogens (primary N) is 1. The number of hydrogen-bond donors (Lipinski definition) is 2. The van der Waals surface area contributed by atoms with Crippen molar-refractivity contribution in [3.63, 3.8) is 0 Å². The molecule has 112 valence electrons. The van der Waals surface area contributed by atoms with E-state index in [1.807, 2.05) is 12.1 Å². The maximum atomic E-state index is 5.91. The topological polar surface area (TPSA) is 59.8 Å². The monoisotopic (exact) mass is 279 g/mol. The fourth-order valence-electron chi connectivity index (χ4n) is 2.74. The van der Waals surface area contributed by atoms with Crippen LogP contribution < -0.4 is 16.0 Å². The summed E-state index contributed by atoms with van der Waals surface area (Å²) in [4.78, 5) is 2.39. The quantitative estimate of drug-likeness (QED) is 0.627. The van der Waals surface area contributed by atoms with Gasteiger partial charge in [0.15, 0.2) is 0 Å². The predicted molar refractivity (Wildman–Crippen MR) is 79.6 cm³/mol. The number of hydrogen-bond acceptors (Lipinski definition) is 5. The molecule has 0 saturated carbocycles. The van der Waals surface area contributed by atoms with Crippen LogP contribution in [0.15, 0.2) is 18.2 Å². The Kier molecular flexibility index (Phi) is 5.37. The Bertz CT molecular complexity index is 439. The molecule has 2 atom stereocenters. The average molecular weight is 279 g/mol. The van der Waals surface area contributed by atoms with Crippen LogP contribution in [0.25, 0.3) is 0 Å². The van der Waals surface area contributed by atoms with Crippen molar-refractivity contribution in [2.45, 2.75) is 26.0 Å². The molecule has 2 unspecified atom stereocenters. The average Bonchev–Trinajstić information content (AvgIpc) is 2.49. The standard InChI is InChI=1S/C15H25N3O2/c1-4-18-7-8-20-14(10-18)15(17-16)13-6-5-12(19-3)9-11(13)2/h5-6,9,14-15,17H,4,7-8,10,16H2,1-3H3. The van der Waals surface area contributed by atoms with Gasteiger partial charge in [0.2, 0.25) is 0 Å². The van der Waals surface area contributed by atoms with Crippen molar-refractivity contribution in [3.8, 4) is 5.75 Å². The normalized spacial score (nSPS) is 21.7. The van der Waals surface area contributed by atoms with E-state index in [1.165, 1.54) is 0 Å². The van der Waals surface area contributed by atoms with Crippen LogP contribution >= 0.6 is 0 Å². The fourth-order valence-corrected chi connectivity index (χ4v) is 2.74. The summed E-state index contributed by atoms with van der Waals surface area (Å²) in [5, 5.41) is 0. The Morgan fingerprint density at radius 3 is 2.95 bits per heavy atom. The van der Waals surface area contributed by atoms with E-state index in [9.17, 15) is 0 Å². The van der Waals surface area contributed by atoms with Crippen LogP contribution in [0.4, 0.5) is 0 Å². The molecule has 0 amide bonds. The summed E-state index contributed by atoms with van der Waals surface area (Å²) >= 11 is 0. The molecule has 3 N–H and O–H groups in total. The molecule has 1 aliphatic heterocycles. The van der Waals surface area contributed by atoms with E-state index < -0.39 is 0 Å². The fraction of sp³-hybridized carbons (Fsp3) is 0.600. The second kappa shape index (κ2) is 7.04. The molecule has 1 aromatic rings. The second-order valence-corrected chi connectivity index (χ2v) is 5.17. The number of aryl methyl sites for hydroxylation is 1. The minimum Gasteiger partial charge on any atom is -0.497 e. The Balaban J connectivity index is 2.19. The Morgan fingerprint density at radius 2 is 2.35 bits per heavy atom. The van der Waals surface area contributed by atoms with Crippen LogP contribution in [-0.2, 0) is 4.74 Å². The molecule has 0 spiro atoms. The van der Waals surface area contributed by atoms with Gasteiger partial charge >= 0.3 is 0 Å². The zero-order chi connectivity index (χ0) is 14.5. The minimum atomic E-state index is -0.00439. The number of rotatable bonds is 5. The molecule has 0 bridgehead atoms. The second-order valence-electron chi connectivity index (χ2n) is 5.17. The highest BCUT2D eigenvalue weighted by atomic mass is 16.5. The van der Waals surface area contributed by atoms with E-state index >= 15 is 0 Å². The summed E-state index contributed by atoms with van der Waals surface area (Å²) < 4.78 is 11.2. The molecule has 1 aliphatic rings. The SMILES string of the molecule is CCN1CCOC(C(NN)c2ccc(OC)cc2C)C1. The zero-order valence-electron chi connectivity index (χ0n) is 12.6. The summed E-state index contributed by atoms with van der Waals surface area (Å²) in [5.41, 5.74) is 5.24. The van der Waals surface area contributed by atoms with Gasteiger partial charge in [-0.15, -0.1) is 0 Å². The molecule has 5 heteroatoms. The first-order chi connectivity index (χ1) is 9.69. The third kappa shape index (κ3) is 3.30. The molecule has 1 heterocycles. The third-order valence-electron chi connectivity index (χ3n) is 3.99. The van der Waals surface area contributed by atoms with Crippen molar-refractivity contribution in [1.82, 2.24) is 10.3 Å². The molecule has 1 aromatic carbocycles. The van der Waals surface area contributed by atoms with Gasteiger partial charge in [0.25, 0.3) is 0 Å². The highest BCUT2D eigenvalue weighted by molar-refractivity contribution is 5.37. The highest BCUT2D eigenvalue weighted by Gasteiger charge is 2.29. The van der Waals surface area contributed by atoms with Gasteiger partial charge in [0, 0.05) is 13.1 Å². The smallest absolute Gasteiger partial charge is 0.119 e. The van der Waals surface area contributed by atoms with E-state index in [0.717, 1.165) is 43.1 Å². The Hall–Kier alpha value is -1.14. The largest absolute Gasteiger partial charge is 0.497 e. The molecule has 2 rings (SSSR count). The van der Waals surface area contributed by atoms with E-state index in [1.54, 1.807) is 7.11 Å². The lowest BCUT2D eigenvalue weighted by atomic mass is 9.96. The molecule has 1 saturated heterocycles. The number of morpholine rings is 1. The predicted octanol–water partition coefficient (Wildman–Crippen LogP) is 1.23. The van der Waals surface area contributed by atoms with E-state index in [2.05, 4.69) is 30.2 Å². The summed E-state index contributed by atoms with van der Waals surface area (Å²) in [7, 11) is 1.68. The summed E-state index contributed by atoms with van der Waals surface area (Å²) in [6, 6.07) is 6.05. The maximum absolute atomic E-state index is 5.91. The number of benzene rings is 1. The number of hydrazine groups is 1. The highest BCUT2D eigenvalue weighted by Crippen LogP contribution is 2.27. The first-order valence-electron chi connectivity index (χ1n) is 7.14. The van der Waals surface area contributed by atoms with Gasteiger partial charge in [0.1, 0.15) is 5.75 Å². The lowest BCUT2D eigenvalue weighted by Gasteiger charge is -2.36. The van der Waals surface area contributed by atoms with Crippen LogP contribution in [0.3, 0.4) is 0 Å². The maximum Gasteiger partial charge on any atom is 0.119 e. The van der Waals surface area contributed by atoms with E-state index in [-0.39, 0.29) is 12.1 Å². The number of ether oxygens (including phenoxy) is 2.